The van der Waals surface area contributed by atoms with E-state index in [1.165, 1.54) is 0 Å². The minimum atomic E-state index is -0.249. The van der Waals surface area contributed by atoms with Gasteiger partial charge >= 0.3 is 0 Å². The predicted octanol–water partition coefficient (Wildman–Crippen LogP) is 4.25. The van der Waals surface area contributed by atoms with E-state index in [2.05, 4.69) is 40.9 Å². The van der Waals surface area contributed by atoms with E-state index in [0.717, 1.165) is 34.9 Å². The molecular formula is C24H32N4O2. The van der Waals surface area contributed by atoms with Crippen LogP contribution in [-0.4, -0.2) is 24.5 Å². The fraction of sp³-hybridized carbons (Fsp3) is 0.417. The maximum Gasteiger partial charge on any atom is 0.226 e. The fourth-order valence-corrected chi connectivity index (χ4v) is 3.47. The third-order valence-electron chi connectivity index (χ3n) is 5.12. The zero-order valence-electron chi connectivity index (χ0n) is 18.5. The van der Waals surface area contributed by atoms with Crippen molar-refractivity contribution in [2.75, 3.05) is 12.4 Å². The number of rotatable bonds is 5. The summed E-state index contributed by atoms with van der Waals surface area (Å²) >= 11 is 0. The van der Waals surface area contributed by atoms with E-state index in [0.29, 0.717) is 6.54 Å². The average Bonchev–Trinajstić information content (AvgIpc) is 2.71. The maximum absolute atomic E-state index is 11.8. The molecule has 1 atom stereocenters. The molecule has 0 spiro atoms. The fourth-order valence-electron chi connectivity index (χ4n) is 3.47. The Hall–Kier alpha value is -3.02. The molecule has 0 saturated carbocycles. The van der Waals surface area contributed by atoms with Crippen LogP contribution < -0.4 is 20.7 Å². The van der Waals surface area contributed by atoms with Crippen LogP contribution in [-0.2, 0) is 11.3 Å². The van der Waals surface area contributed by atoms with E-state index >= 15 is 0 Å². The zero-order valence-corrected chi connectivity index (χ0v) is 18.5. The van der Waals surface area contributed by atoms with Crippen LogP contribution >= 0.6 is 0 Å². The van der Waals surface area contributed by atoms with Crippen molar-refractivity contribution >= 4 is 17.6 Å². The quantitative estimate of drug-likeness (QED) is 0.511. The summed E-state index contributed by atoms with van der Waals surface area (Å²) in [5.41, 5.74) is 2.81. The molecule has 3 rings (SSSR count). The zero-order chi connectivity index (χ0) is 21.7. The highest BCUT2D eigenvalue weighted by Crippen LogP contribution is 2.39. The first-order chi connectivity index (χ1) is 14.3. The number of aliphatic imine (C=N–C) groups is 1. The second-order valence-electron chi connectivity index (χ2n) is 8.57. The summed E-state index contributed by atoms with van der Waals surface area (Å²) in [4.78, 5) is 16.2. The molecule has 6 nitrogen and oxygen atoms in total. The second-order valence-corrected chi connectivity index (χ2v) is 8.57. The van der Waals surface area contributed by atoms with Gasteiger partial charge in [-0.15, -0.1) is 0 Å². The lowest BCUT2D eigenvalue weighted by molar-refractivity contribution is -0.118. The highest BCUT2D eigenvalue weighted by atomic mass is 16.5. The number of para-hydroxylation sites is 1. The topological polar surface area (TPSA) is 74.8 Å². The van der Waals surface area contributed by atoms with Crippen LogP contribution in [0.3, 0.4) is 0 Å². The van der Waals surface area contributed by atoms with Crippen LogP contribution in [0.25, 0.3) is 0 Å². The number of anilines is 1. The van der Waals surface area contributed by atoms with Gasteiger partial charge in [-0.05, 0) is 37.6 Å². The van der Waals surface area contributed by atoms with Crippen molar-refractivity contribution in [3.63, 3.8) is 0 Å². The van der Waals surface area contributed by atoms with Crippen LogP contribution in [0, 0.1) is 5.92 Å². The first kappa shape index (κ1) is 21.7. The Labute approximate surface area is 179 Å². The van der Waals surface area contributed by atoms with Gasteiger partial charge in [0.2, 0.25) is 5.91 Å². The molecule has 0 aliphatic carbocycles. The van der Waals surface area contributed by atoms with Gasteiger partial charge in [-0.1, -0.05) is 44.2 Å². The minimum absolute atomic E-state index is 0.0187. The molecule has 1 amide bonds. The normalized spacial score (nSPS) is 17.7. The van der Waals surface area contributed by atoms with E-state index in [1.807, 2.05) is 56.3 Å². The molecular weight excluding hydrogens is 376 g/mol. The highest BCUT2D eigenvalue weighted by Gasteiger charge is 2.33. The van der Waals surface area contributed by atoms with Crippen LogP contribution in [0.5, 0.6) is 5.75 Å². The monoisotopic (exact) mass is 408 g/mol. The molecule has 6 heteroatoms. The molecule has 30 heavy (non-hydrogen) atoms. The van der Waals surface area contributed by atoms with Crippen LogP contribution in [0.1, 0.15) is 51.3 Å². The molecule has 160 valence electrons. The summed E-state index contributed by atoms with van der Waals surface area (Å²) in [5, 5.41) is 9.83. The van der Waals surface area contributed by atoms with Crippen molar-refractivity contribution < 1.29 is 9.53 Å². The number of carbonyl (C=O) groups excluding carboxylic acids is 1. The molecule has 1 unspecified atom stereocenters. The summed E-state index contributed by atoms with van der Waals surface area (Å²) < 4.78 is 6.12. The Bertz CT molecular complexity index is 904. The van der Waals surface area contributed by atoms with E-state index < -0.39 is 0 Å². The number of benzene rings is 2. The number of nitrogens with one attached hydrogen (secondary N) is 3. The lowest BCUT2D eigenvalue weighted by Crippen LogP contribution is -2.45. The molecule has 1 aliphatic rings. The molecule has 1 aliphatic heterocycles. The summed E-state index contributed by atoms with van der Waals surface area (Å²) in [7, 11) is 1.77. The van der Waals surface area contributed by atoms with Gasteiger partial charge in [-0.3, -0.25) is 9.79 Å². The Kier molecular flexibility index (Phi) is 6.65. The van der Waals surface area contributed by atoms with E-state index in [-0.39, 0.29) is 23.5 Å². The van der Waals surface area contributed by atoms with Crippen molar-refractivity contribution in [3.8, 4) is 5.75 Å². The summed E-state index contributed by atoms with van der Waals surface area (Å²) in [6.07, 6.45) is 0.842. The van der Waals surface area contributed by atoms with Gasteiger partial charge in [-0.25, -0.2) is 0 Å². The predicted molar refractivity (Wildman–Crippen MR) is 122 cm³/mol. The Morgan fingerprint density at radius 3 is 2.53 bits per heavy atom. The largest absolute Gasteiger partial charge is 0.487 e. The smallest absolute Gasteiger partial charge is 0.226 e. The van der Waals surface area contributed by atoms with Crippen LogP contribution in [0.2, 0.25) is 0 Å². The van der Waals surface area contributed by atoms with Gasteiger partial charge in [-0.2, -0.15) is 0 Å². The standard InChI is InChI=1S/C24H32N4O2/c1-16(2)22(29)27-18-12-10-17(11-13-18)15-26-23(25-5)28-20-14-24(3,4)30-21-9-7-6-8-19(20)21/h6-13,16,20H,14-15H2,1-5H3,(H,27,29)(H2,25,26,28). The maximum atomic E-state index is 11.8. The van der Waals surface area contributed by atoms with Crippen molar-refractivity contribution in [1.82, 2.24) is 10.6 Å². The molecule has 0 fully saturated rings. The molecule has 0 saturated heterocycles. The number of nitrogens with zero attached hydrogens (tertiary/aromatic N) is 1. The Morgan fingerprint density at radius 2 is 1.87 bits per heavy atom. The first-order valence-electron chi connectivity index (χ1n) is 10.4. The highest BCUT2D eigenvalue weighted by molar-refractivity contribution is 5.92. The third-order valence-corrected chi connectivity index (χ3v) is 5.12. The SMILES string of the molecule is CN=C(NCc1ccc(NC(=O)C(C)C)cc1)NC1CC(C)(C)Oc2ccccc21. The number of hydrogen-bond donors (Lipinski definition) is 3. The summed E-state index contributed by atoms with van der Waals surface area (Å²) in [6, 6.07) is 16.1. The van der Waals surface area contributed by atoms with E-state index in [9.17, 15) is 4.79 Å². The average molecular weight is 409 g/mol. The Balaban J connectivity index is 1.61. The third kappa shape index (κ3) is 5.53. The van der Waals surface area contributed by atoms with Crippen LogP contribution in [0.4, 0.5) is 5.69 Å². The number of ether oxygens (including phenoxy) is 1. The van der Waals surface area contributed by atoms with Gasteiger partial charge < -0.3 is 20.7 Å². The van der Waals surface area contributed by atoms with Gasteiger partial charge in [0.05, 0.1) is 6.04 Å². The van der Waals surface area contributed by atoms with Gasteiger partial charge in [0, 0.05) is 37.2 Å². The first-order valence-corrected chi connectivity index (χ1v) is 10.4. The molecule has 0 radical (unpaired) electrons. The van der Waals surface area contributed by atoms with Gasteiger partial charge in [0.25, 0.3) is 0 Å². The minimum Gasteiger partial charge on any atom is -0.487 e. The van der Waals surface area contributed by atoms with Gasteiger partial charge in [0.15, 0.2) is 5.96 Å². The number of hydrogen-bond acceptors (Lipinski definition) is 3. The summed E-state index contributed by atoms with van der Waals surface area (Å²) in [5.74, 6) is 1.64. The van der Waals surface area contributed by atoms with Crippen LogP contribution in [0.15, 0.2) is 53.5 Å². The second kappa shape index (κ2) is 9.20. The number of amides is 1. The molecule has 0 bridgehead atoms. The molecule has 0 aromatic heterocycles. The lowest BCUT2D eigenvalue weighted by atomic mass is 9.90. The van der Waals surface area contributed by atoms with E-state index in [1.54, 1.807) is 7.05 Å². The van der Waals surface area contributed by atoms with Crippen molar-refractivity contribution in [1.29, 1.82) is 0 Å². The lowest BCUT2D eigenvalue weighted by Gasteiger charge is -2.38. The van der Waals surface area contributed by atoms with Crippen molar-refractivity contribution in [2.24, 2.45) is 10.9 Å². The van der Waals surface area contributed by atoms with E-state index in [4.69, 9.17) is 4.74 Å². The van der Waals surface area contributed by atoms with Crippen molar-refractivity contribution in [3.05, 3.63) is 59.7 Å². The Morgan fingerprint density at radius 1 is 1.17 bits per heavy atom. The molecule has 3 N–H and O–H groups in total. The number of guanidine groups is 1. The number of carbonyl (C=O) groups is 1. The molecule has 2 aromatic carbocycles. The van der Waals surface area contributed by atoms with Crippen molar-refractivity contribution in [2.45, 2.75) is 52.3 Å². The van der Waals surface area contributed by atoms with Gasteiger partial charge in [0.1, 0.15) is 11.4 Å². The summed E-state index contributed by atoms with van der Waals surface area (Å²) in [6.45, 7) is 8.60. The molecule has 2 aromatic rings. The number of fused-ring (bicyclic) bond motifs is 1. The molecule has 1 heterocycles.